The summed E-state index contributed by atoms with van der Waals surface area (Å²) in [6, 6.07) is 11.2. The molecule has 0 spiro atoms. The van der Waals surface area contributed by atoms with E-state index in [0.717, 1.165) is 0 Å². The maximum atomic E-state index is 12.0. The fourth-order valence-electron chi connectivity index (χ4n) is 2.65. The lowest BCUT2D eigenvalue weighted by atomic mass is 10.2. The van der Waals surface area contributed by atoms with Crippen LogP contribution in [0, 0.1) is 17.0 Å². The minimum atomic E-state index is -0.630. The summed E-state index contributed by atoms with van der Waals surface area (Å²) in [5.74, 6) is -1.01. The Kier molecular flexibility index (Phi) is 8.50. The van der Waals surface area contributed by atoms with E-state index in [0.29, 0.717) is 17.0 Å². The number of benzene rings is 2. The monoisotopic (exact) mass is 429 g/mol. The zero-order valence-electron chi connectivity index (χ0n) is 17.2. The van der Waals surface area contributed by atoms with Crippen LogP contribution in [0.4, 0.5) is 17.1 Å². The third kappa shape index (κ3) is 7.42. The minimum Gasteiger partial charge on any atom is -0.495 e. The lowest BCUT2D eigenvalue weighted by Crippen LogP contribution is -2.21. The van der Waals surface area contributed by atoms with Gasteiger partial charge in [0.25, 0.3) is 11.6 Å². The summed E-state index contributed by atoms with van der Waals surface area (Å²) in [7, 11) is 1.50. The molecule has 0 radical (unpaired) electrons. The van der Waals surface area contributed by atoms with Gasteiger partial charge in [0.1, 0.15) is 5.75 Å². The van der Waals surface area contributed by atoms with Crippen molar-refractivity contribution in [1.29, 1.82) is 0 Å². The number of aryl methyl sites for hydroxylation is 1. The Morgan fingerprint density at radius 1 is 1.03 bits per heavy atom. The highest BCUT2D eigenvalue weighted by Gasteiger charge is 2.14. The van der Waals surface area contributed by atoms with Crippen LogP contribution in [0.3, 0.4) is 0 Å². The fraction of sp³-hybridized carbons (Fsp3) is 0.286. The van der Waals surface area contributed by atoms with Gasteiger partial charge in [-0.15, -0.1) is 0 Å². The predicted octanol–water partition coefficient (Wildman–Crippen LogP) is 3.20. The standard InChI is InChI=1S/C21H23N3O7/c1-14-10-11-15(12-17(14)24(28)29)22-20(26)13-31-21(27)9-5-8-19(25)23-16-6-3-4-7-18(16)30-2/h3-4,6-7,10-12H,5,8-9,13H2,1-2H3,(H,22,26)(H,23,25). The molecule has 2 aromatic carbocycles. The van der Waals surface area contributed by atoms with Crippen LogP contribution >= 0.6 is 0 Å². The van der Waals surface area contributed by atoms with Gasteiger partial charge in [-0.25, -0.2) is 0 Å². The Balaban J connectivity index is 1.71. The maximum Gasteiger partial charge on any atom is 0.306 e. The fourth-order valence-corrected chi connectivity index (χ4v) is 2.65. The number of esters is 1. The maximum absolute atomic E-state index is 12.0. The van der Waals surface area contributed by atoms with E-state index in [1.165, 1.54) is 25.3 Å². The number of nitro benzene ring substituents is 1. The molecular weight excluding hydrogens is 406 g/mol. The highest BCUT2D eigenvalue weighted by Crippen LogP contribution is 2.23. The molecule has 0 unspecified atom stereocenters. The number of ether oxygens (including phenoxy) is 2. The first-order valence-corrected chi connectivity index (χ1v) is 9.43. The molecule has 0 heterocycles. The van der Waals surface area contributed by atoms with Gasteiger partial charge in [0, 0.05) is 30.2 Å². The second-order valence-electron chi connectivity index (χ2n) is 6.57. The zero-order valence-corrected chi connectivity index (χ0v) is 17.2. The number of carbonyl (C=O) groups excluding carboxylic acids is 3. The molecule has 10 heteroatoms. The van der Waals surface area contributed by atoms with Crippen LogP contribution in [-0.4, -0.2) is 36.4 Å². The van der Waals surface area contributed by atoms with Gasteiger partial charge in [-0.1, -0.05) is 18.2 Å². The van der Waals surface area contributed by atoms with Crippen LogP contribution in [0.15, 0.2) is 42.5 Å². The first-order chi connectivity index (χ1) is 14.8. The Hall–Kier alpha value is -3.95. The van der Waals surface area contributed by atoms with Crippen molar-refractivity contribution >= 4 is 34.8 Å². The lowest BCUT2D eigenvalue weighted by molar-refractivity contribution is -0.385. The second kappa shape index (κ2) is 11.3. The molecule has 0 aromatic heterocycles. The molecule has 0 aliphatic rings. The van der Waals surface area contributed by atoms with Crippen LogP contribution in [0.1, 0.15) is 24.8 Å². The number of amides is 2. The van der Waals surface area contributed by atoms with Crippen molar-refractivity contribution in [2.45, 2.75) is 26.2 Å². The van der Waals surface area contributed by atoms with Gasteiger partial charge in [-0.3, -0.25) is 24.5 Å². The van der Waals surface area contributed by atoms with Gasteiger partial charge in [-0.2, -0.15) is 0 Å². The third-order valence-electron chi connectivity index (χ3n) is 4.22. The van der Waals surface area contributed by atoms with Crippen molar-refractivity contribution in [1.82, 2.24) is 0 Å². The summed E-state index contributed by atoms with van der Waals surface area (Å²) in [6.45, 7) is 1.05. The topological polar surface area (TPSA) is 137 Å². The molecule has 31 heavy (non-hydrogen) atoms. The van der Waals surface area contributed by atoms with Crippen LogP contribution in [-0.2, 0) is 19.1 Å². The molecule has 0 aliphatic heterocycles. The molecule has 0 bridgehead atoms. The van der Waals surface area contributed by atoms with Gasteiger partial charge < -0.3 is 20.1 Å². The van der Waals surface area contributed by atoms with Crippen molar-refractivity contribution < 1.29 is 28.8 Å². The van der Waals surface area contributed by atoms with Crippen LogP contribution in [0.5, 0.6) is 5.75 Å². The number of hydrogen-bond acceptors (Lipinski definition) is 7. The summed E-state index contributed by atoms with van der Waals surface area (Å²) in [5.41, 5.74) is 1.10. The highest BCUT2D eigenvalue weighted by molar-refractivity contribution is 5.93. The lowest BCUT2D eigenvalue weighted by Gasteiger charge is -2.10. The number of hydrogen-bond donors (Lipinski definition) is 2. The highest BCUT2D eigenvalue weighted by atomic mass is 16.6. The van der Waals surface area contributed by atoms with E-state index in [-0.39, 0.29) is 36.5 Å². The van der Waals surface area contributed by atoms with E-state index in [4.69, 9.17) is 9.47 Å². The second-order valence-corrected chi connectivity index (χ2v) is 6.57. The summed E-state index contributed by atoms with van der Waals surface area (Å²) in [5, 5.41) is 16.1. The molecule has 2 aromatic rings. The van der Waals surface area contributed by atoms with E-state index in [2.05, 4.69) is 10.6 Å². The number of nitrogens with zero attached hydrogens (tertiary/aromatic N) is 1. The smallest absolute Gasteiger partial charge is 0.306 e. The number of carbonyl (C=O) groups is 3. The minimum absolute atomic E-state index is 0.0391. The van der Waals surface area contributed by atoms with Gasteiger partial charge in [-0.05, 0) is 31.5 Å². The largest absolute Gasteiger partial charge is 0.495 e. The van der Waals surface area contributed by atoms with Crippen molar-refractivity contribution in [2.24, 2.45) is 0 Å². The van der Waals surface area contributed by atoms with Crippen molar-refractivity contribution in [3.63, 3.8) is 0 Å². The molecule has 0 saturated heterocycles. The molecule has 10 nitrogen and oxygen atoms in total. The molecule has 164 valence electrons. The van der Waals surface area contributed by atoms with Gasteiger partial charge in [0.15, 0.2) is 6.61 Å². The van der Waals surface area contributed by atoms with Gasteiger partial charge in [0.05, 0.1) is 17.7 Å². The van der Waals surface area contributed by atoms with Crippen LogP contribution in [0.25, 0.3) is 0 Å². The molecule has 0 atom stereocenters. The predicted molar refractivity (Wildman–Crippen MR) is 113 cm³/mol. The normalized spacial score (nSPS) is 10.1. The van der Waals surface area contributed by atoms with Crippen molar-refractivity contribution in [2.75, 3.05) is 24.4 Å². The third-order valence-corrected chi connectivity index (χ3v) is 4.22. The Morgan fingerprint density at radius 2 is 1.77 bits per heavy atom. The Labute approximate surface area is 178 Å². The SMILES string of the molecule is COc1ccccc1NC(=O)CCCC(=O)OCC(=O)Nc1ccc(C)c([N+](=O)[O-])c1. The van der Waals surface area contributed by atoms with E-state index in [1.54, 1.807) is 31.2 Å². The zero-order chi connectivity index (χ0) is 22.8. The van der Waals surface area contributed by atoms with E-state index in [1.807, 2.05) is 0 Å². The number of para-hydroxylation sites is 2. The molecule has 0 fully saturated rings. The first-order valence-electron chi connectivity index (χ1n) is 9.43. The van der Waals surface area contributed by atoms with Crippen molar-refractivity contribution in [3.8, 4) is 5.75 Å². The quantitative estimate of drug-likeness (QED) is 0.336. The van der Waals surface area contributed by atoms with Crippen LogP contribution < -0.4 is 15.4 Å². The molecule has 2 rings (SSSR count). The first kappa shape index (κ1) is 23.3. The Morgan fingerprint density at radius 3 is 2.48 bits per heavy atom. The molecular formula is C21H23N3O7. The van der Waals surface area contributed by atoms with E-state index >= 15 is 0 Å². The summed E-state index contributed by atoms with van der Waals surface area (Å²) >= 11 is 0. The average molecular weight is 429 g/mol. The van der Waals surface area contributed by atoms with Gasteiger partial charge >= 0.3 is 5.97 Å². The molecule has 0 saturated carbocycles. The summed E-state index contributed by atoms with van der Waals surface area (Å²) in [4.78, 5) is 46.1. The number of nitro groups is 1. The van der Waals surface area contributed by atoms with Crippen molar-refractivity contribution in [3.05, 3.63) is 58.1 Å². The number of anilines is 2. The Bertz CT molecular complexity index is 975. The summed E-state index contributed by atoms with van der Waals surface area (Å²) in [6.07, 6.45) is 0.292. The molecule has 0 aliphatic carbocycles. The molecule has 2 amide bonds. The number of nitrogens with one attached hydrogen (secondary N) is 2. The number of methoxy groups -OCH3 is 1. The van der Waals surface area contributed by atoms with Crippen LogP contribution in [0.2, 0.25) is 0 Å². The van der Waals surface area contributed by atoms with E-state index < -0.39 is 23.4 Å². The average Bonchev–Trinajstić information content (AvgIpc) is 2.74. The van der Waals surface area contributed by atoms with Gasteiger partial charge in [0.2, 0.25) is 5.91 Å². The molecule has 2 N–H and O–H groups in total. The number of rotatable bonds is 10. The van der Waals surface area contributed by atoms with E-state index in [9.17, 15) is 24.5 Å². The summed E-state index contributed by atoms with van der Waals surface area (Å²) < 4.78 is 10.0.